The molecule has 0 spiro atoms. The fourth-order valence-corrected chi connectivity index (χ4v) is 2.44. The molecule has 4 nitrogen and oxygen atoms in total. The molecule has 7 heteroatoms. The zero-order valence-corrected chi connectivity index (χ0v) is 10.3. The Labute approximate surface area is 112 Å². The largest absolute Gasteiger partial charge is 0.486 e. The van der Waals surface area contributed by atoms with E-state index in [9.17, 15) is 23.1 Å². The minimum absolute atomic E-state index is 0.00788. The zero-order chi connectivity index (χ0) is 14.5. The number of halogens is 3. The molecule has 1 saturated carbocycles. The van der Waals surface area contributed by atoms with Crippen LogP contribution in [0.4, 0.5) is 13.2 Å². The summed E-state index contributed by atoms with van der Waals surface area (Å²) in [5.41, 5.74) is -2.64. The van der Waals surface area contributed by atoms with E-state index in [-0.39, 0.29) is 43.1 Å². The van der Waals surface area contributed by atoms with E-state index in [4.69, 9.17) is 9.47 Å². The van der Waals surface area contributed by atoms with E-state index >= 15 is 0 Å². The lowest BCUT2D eigenvalue weighted by Gasteiger charge is -2.24. The fraction of sp³-hybridized carbons (Fsp3) is 0.462. The number of aliphatic carboxylic acids is 1. The van der Waals surface area contributed by atoms with E-state index in [2.05, 4.69) is 0 Å². The average Bonchev–Trinajstić information content (AvgIpc) is 3.17. The molecule has 20 heavy (non-hydrogen) atoms. The number of carboxylic acids is 1. The molecule has 1 aromatic rings. The van der Waals surface area contributed by atoms with E-state index in [0.717, 1.165) is 6.07 Å². The van der Waals surface area contributed by atoms with Gasteiger partial charge >= 0.3 is 12.1 Å². The van der Waals surface area contributed by atoms with Crippen LogP contribution in [0.5, 0.6) is 11.5 Å². The lowest BCUT2D eigenvalue weighted by molar-refractivity contribution is -0.142. The predicted octanol–water partition coefficient (Wildman–Crippen LogP) is 2.59. The number of alkyl halides is 3. The lowest BCUT2D eigenvalue weighted by atomic mass is 9.90. The summed E-state index contributed by atoms with van der Waals surface area (Å²) < 4.78 is 49.8. The van der Waals surface area contributed by atoms with Crippen LogP contribution in [-0.4, -0.2) is 24.3 Å². The number of hydrogen-bond donors (Lipinski definition) is 1. The first-order valence-corrected chi connectivity index (χ1v) is 6.09. The molecule has 1 fully saturated rings. The Morgan fingerprint density at radius 2 is 1.70 bits per heavy atom. The summed E-state index contributed by atoms with van der Waals surface area (Å²) in [5.74, 6) is -1.06. The van der Waals surface area contributed by atoms with Gasteiger partial charge in [0.25, 0.3) is 0 Å². The summed E-state index contributed by atoms with van der Waals surface area (Å²) in [6, 6.07) is 2.01. The molecule has 0 saturated heterocycles. The highest BCUT2D eigenvalue weighted by molar-refractivity contribution is 5.86. The van der Waals surface area contributed by atoms with Gasteiger partial charge in [0.2, 0.25) is 0 Å². The second-order valence-electron chi connectivity index (χ2n) is 4.93. The molecular weight excluding hydrogens is 277 g/mol. The summed E-state index contributed by atoms with van der Waals surface area (Å²) in [6.07, 6.45) is -4.23. The molecule has 0 amide bonds. The number of hydrogen-bond acceptors (Lipinski definition) is 3. The van der Waals surface area contributed by atoms with Crippen molar-refractivity contribution in [2.75, 3.05) is 13.2 Å². The third-order valence-corrected chi connectivity index (χ3v) is 3.66. The normalized spacial score (nSPS) is 19.6. The van der Waals surface area contributed by atoms with Crippen LogP contribution in [0.1, 0.15) is 24.0 Å². The Balaban J connectivity index is 2.19. The number of fused-ring (bicyclic) bond motifs is 1. The van der Waals surface area contributed by atoms with Crippen molar-refractivity contribution in [2.45, 2.75) is 24.4 Å². The van der Waals surface area contributed by atoms with Crippen LogP contribution < -0.4 is 9.47 Å². The fourth-order valence-electron chi connectivity index (χ4n) is 2.44. The van der Waals surface area contributed by atoms with Gasteiger partial charge in [-0.3, -0.25) is 4.79 Å². The summed E-state index contributed by atoms with van der Waals surface area (Å²) in [5, 5.41) is 9.21. The molecule has 1 heterocycles. The molecule has 108 valence electrons. The number of carbonyl (C=O) groups is 1. The van der Waals surface area contributed by atoms with Crippen molar-refractivity contribution in [3.63, 3.8) is 0 Å². The maximum atomic E-state index is 13.2. The number of rotatable bonds is 2. The van der Waals surface area contributed by atoms with Crippen molar-refractivity contribution < 1.29 is 32.5 Å². The maximum Gasteiger partial charge on any atom is 0.416 e. The summed E-state index contributed by atoms with van der Waals surface area (Å²) in [4.78, 5) is 11.3. The smallest absolute Gasteiger partial charge is 0.416 e. The van der Waals surface area contributed by atoms with E-state index in [1.54, 1.807) is 0 Å². The van der Waals surface area contributed by atoms with Gasteiger partial charge in [-0.2, -0.15) is 13.2 Å². The predicted molar refractivity (Wildman–Crippen MR) is 61.0 cm³/mol. The van der Waals surface area contributed by atoms with Gasteiger partial charge in [0.05, 0.1) is 11.0 Å². The number of ether oxygens (including phenoxy) is 2. The second-order valence-corrected chi connectivity index (χ2v) is 4.93. The summed E-state index contributed by atoms with van der Waals surface area (Å²) in [7, 11) is 0. The first-order valence-electron chi connectivity index (χ1n) is 6.09. The van der Waals surface area contributed by atoms with Gasteiger partial charge in [0.15, 0.2) is 11.5 Å². The van der Waals surface area contributed by atoms with Crippen LogP contribution in [0.15, 0.2) is 12.1 Å². The highest BCUT2D eigenvalue weighted by Crippen LogP contribution is 2.54. The van der Waals surface area contributed by atoms with Gasteiger partial charge in [-0.25, -0.2) is 0 Å². The Kier molecular flexibility index (Phi) is 2.64. The van der Waals surface area contributed by atoms with Crippen molar-refractivity contribution in [2.24, 2.45) is 0 Å². The molecule has 0 atom stereocenters. The molecule has 2 aliphatic rings. The molecule has 0 radical (unpaired) electrons. The van der Waals surface area contributed by atoms with Crippen LogP contribution >= 0.6 is 0 Å². The minimum atomic E-state index is -4.63. The van der Waals surface area contributed by atoms with Crippen LogP contribution in [0, 0.1) is 0 Å². The van der Waals surface area contributed by atoms with Gasteiger partial charge in [-0.05, 0) is 30.5 Å². The van der Waals surface area contributed by atoms with Crippen LogP contribution in [-0.2, 0) is 16.4 Å². The third kappa shape index (κ3) is 1.88. The van der Waals surface area contributed by atoms with Gasteiger partial charge < -0.3 is 14.6 Å². The Bertz CT molecular complexity index is 576. The van der Waals surface area contributed by atoms with E-state index in [1.807, 2.05) is 0 Å². The van der Waals surface area contributed by atoms with E-state index in [0.29, 0.717) is 0 Å². The zero-order valence-electron chi connectivity index (χ0n) is 10.3. The molecule has 1 aliphatic heterocycles. The molecule has 0 unspecified atom stereocenters. The summed E-state index contributed by atoms with van der Waals surface area (Å²) in [6.45, 7) is 0.408. The first kappa shape index (κ1) is 13.1. The van der Waals surface area contributed by atoms with Gasteiger partial charge in [-0.15, -0.1) is 0 Å². The Morgan fingerprint density at radius 3 is 2.15 bits per heavy atom. The first-order chi connectivity index (χ1) is 9.34. The highest BCUT2D eigenvalue weighted by atomic mass is 19.4. The number of carboxylic acid groups (broad SMARTS) is 1. The Morgan fingerprint density at radius 1 is 1.15 bits per heavy atom. The number of benzene rings is 1. The van der Waals surface area contributed by atoms with Gasteiger partial charge in [0, 0.05) is 0 Å². The summed E-state index contributed by atoms with van der Waals surface area (Å²) >= 11 is 0. The van der Waals surface area contributed by atoms with Crippen molar-refractivity contribution >= 4 is 5.97 Å². The second kappa shape index (κ2) is 4.04. The van der Waals surface area contributed by atoms with Crippen molar-refractivity contribution in [3.05, 3.63) is 23.3 Å². The SMILES string of the molecule is O=C(O)C1(c2cc3c(cc2C(F)(F)F)OCCO3)CC1. The van der Waals surface area contributed by atoms with Crippen LogP contribution in [0.25, 0.3) is 0 Å². The Hall–Kier alpha value is -1.92. The average molecular weight is 288 g/mol. The molecule has 1 aromatic carbocycles. The monoisotopic (exact) mass is 288 g/mol. The molecule has 3 rings (SSSR count). The standard InChI is InChI=1S/C13H11F3O4/c14-13(15,16)8-6-10-9(19-3-4-20-10)5-7(8)12(1-2-12)11(17)18/h5-6H,1-4H2,(H,17,18). The minimum Gasteiger partial charge on any atom is -0.486 e. The molecular formula is C13H11F3O4. The van der Waals surface area contributed by atoms with E-state index < -0.39 is 23.1 Å². The van der Waals surface area contributed by atoms with Gasteiger partial charge in [0.1, 0.15) is 13.2 Å². The molecule has 0 aromatic heterocycles. The van der Waals surface area contributed by atoms with E-state index in [1.165, 1.54) is 6.07 Å². The van der Waals surface area contributed by atoms with Crippen molar-refractivity contribution in [1.29, 1.82) is 0 Å². The van der Waals surface area contributed by atoms with Crippen molar-refractivity contribution in [3.8, 4) is 11.5 Å². The quantitative estimate of drug-likeness (QED) is 0.908. The molecule has 0 bridgehead atoms. The maximum absolute atomic E-state index is 13.2. The van der Waals surface area contributed by atoms with Crippen LogP contribution in [0.2, 0.25) is 0 Å². The topological polar surface area (TPSA) is 55.8 Å². The van der Waals surface area contributed by atoms with Gasteiger partial charge in [-0.1, -0.05) is 0 Å². The van der Waals surface area contributed by atoms with Crippen LogP contribution in [0.3, 0.4) is 0 Å². The lowest BCUT2D eigenvalue weighted by Crippen LogP contribution is -2.25. The van der Waals surface area contributed by atoms with Crippen molar-refractivity contribution in [1.82, 2.24) is 0 Å². The molecule has 1 aliphatic carbocycles. The molecule has 1 N–H and O–H groups in total. The highest BCUT2D eigenvalue weighted by Gasteiger charge is 2.55. The third-order valence-electron chi connectivity index (χ3n) is 3.66.